The zero-order chi connectivity index (χ0) is 21.5. The topological polar surface area (TPSA) is 90.6 Å². The Labute approximate surface area is 180 Å². The summed E-state index contributed by atoms with van der Waals surface area (Å²) >= 11 is 1.03. The van der Waals surface area contributed by atoms with Gasteiger partial charge in [-0.2, -0.15) is 0 Å². The average molecular weight is 427 g/mol. The molecule has 6 nitrogen and oxygen atoms in total. The maximum Gasteiger partial charge on any atom is 0.286 e. The summed E-state index contributed by atoms with van der Waals surface area (Å²) in [6, 6.07) is 11.6. The molecule has 1 heterocycles. The minimum absolute atomic E-state index is 0.240. The minimum Gasteiger partial charge on any atom is -0.497 e. The number of hydrogen-bond donors (Lipinski definition) is 2. The van der Waals surface area contributed by atoms with E-state index in [0.717, 1.165) is 59.2 Å². The van der Waals surface area contributed by atoms with Gasteiger partial charge in [0, 0.05) is 17.3 Å². The van der Waals surface area contributed by atoms with Crippen LogP contribution in [0, 0.1) is 0 Å². The number of nitrogens with one attached hydrogen (secondary N) is 1. The Balaban J connectivity index is 1.61. The van der Waals surface area contributed by atoms with Crippen LogP contribution in [0.15, 0.2) is 42.5 Å². The number of anilines is 1. The van der Waals surface area contributed by atoms with E-state index in [1.54, 1.807) is 14.2 Å². The van der Waals surface area contributed by atoms with Crippen molar-refractivity contribution in [3.05, 3.63) is 59.2 Å². The number of nitrogen functional groups attached to an aromatic ring is 1. The van der Waals surface area contributed by atoms with Crippen molar-refractivity contribution in [1.29, 1.82) is 0 Å². The minimum atomic E-state index is -0.408. The highest BCUT2D eigenvalue weighted by atomic mass is 32.2. The lowest BCUT2D eigenvalue weighted by Gasteiger charge is -2.11. The number of carbonyl (C=O) groups excluding carboxylic acids is 2. The van der Waals surface area contributed by atoms with Crippen LogP contribution in [-0.4, -0.2) is 30.6 Å². The number of methoxy groups -OCH3 is 2. The number of ether oxygens (including phenoxy) is 2. The van der Waals surface area contributed by atoms with Gasteiger partial charge in [0.05, 0.1) is 19.5 Å². The molecule has 0 saturated carbocycles. The van der Waals surface area contributed by atoms with Crippen molar-refractivity contribution in [2.24, 2.45) is 0 Å². The first-order valence-corrected chi connectivity index (χ1v) is 10.7. The van der Waals surface area contributed by atoms with E-state index in [1.165, 1.54) is 0 Å². The van der Waals surface area contributed by atoms with E-state index in [9.17, 15) is 9.59 Å². The predicted molar refractivity (Wildman–Crippen MR) is 121 cm³/mol. The zero-order valence-corrected chi connectivity index (χ0v) is 18.0. The quantitative estimate of drug-likeness (QED) is 0.461. The Hall–Kier alpha value is -2.93. The number of nitrogens with two attached hydrogens (primary N) is 1. The maximum atomic E-state index is 11.9. The van der Waals surface area contributed by atoms with Gasteiger partial charge in [-0.1, -0.05) is 36.0 Å². The van der Waals surface area contributed by atoms with Crippen LogP contribution in [0.4, 0.5) is 10.5 Å². The highest BCUT2D eigenvalue weighted by molar-refractivity contribution is 8.15. The fraction of sp³-hybridized carbons (Fsp3) is 0.304. The van der Waals surface area contributed by atoms with Crippen LogP contribution < -0.4 is 20.5 Å². The normalized spacial score (nSPS) is 16.1. The van der Waals surface area contributed by atoms with Gasteiger partial charge in [-0.25, -0.2) is 0 Å². The molecule has 1 aliphatic rings. The number of aryl methyl sites for hydroxylation is 1. The second-order valence-corrected chi connectivity index (χ2v) is 8.20. The average Bonchev–Trinajstić information content (AvgIpc) is 3.05. The summed E-state index contributed by atoms with van der Waals surface area (Å²) in [6.45, 7) is 0. The molecule has 0 bridgehead atoms. The van der Waals surface area contributed by atoms with E-state index in [0.29, 0.717) is 12.1 Å². The maximum absolute atomic E-state index is 11.9. The van der Waals surface area contributed by atoms with E-state index in [4.69, 9.17) is 15.2 Å². The molecule has 0 radical (unpaired) electrons. The molecule has 7 heteroatoms. The third-order valence-electron chi connectivity index (χ3n) is 4.93. The third kappa shape index (κ3) is 5.57. The number of amides is 2. The number of allylic oxidation sites excluding steroid dienone is 1. The SMILES string of the molecule is COc1cc(CCC/C=C\c2c(N)cccc2CC2SC(=O)NC2=O)cc(OC)c1. The Morgan fingerprint density at radius 2 is 1.87 bits per heavy atom. The van der Waals surface area contributed by atoms with Gasteiger partial charge in [0.15, 0.2) is 0 Å². The lowest BCUT2D eigenvalue weighted by molar-refractivity contribution is -0.118. The molecule has 1 unspecified atom stereocenters. The van der Waals surface area contributed by atoms with Crippen molar-refractivity contribution < 1.29 is 19.1 Å². The molecule has 1 aliphatic heterocycles. The molecule has 30 heavy (non-hydrogen) atoms. The van der Waals surface area contributed by atoms with Gasteiger partial charge in [0.25, 0.3) is 5.24 Å². The fourth-order valence-electron chi connectivity index (χ4n) is 3.38. The summed E-state index contributed by atoms with van der Waals surface area (Å²) in [6.07, 6.45) is 7.32. The van der Waals surface area contributed by atoms with E-state index in [1.807, 2.05) is 42.5 Å². The van der Waals surface area contributed by atoms with Gasteiger partial charge in [0.2, 0.25) is 5.91 Å². The summed E-state index contributed by atoms with van der Waals surface area (Å²) in [7, 11) is 3.29. The van der Waals surface area contributed by atoms with Crippen molar-refractivity contribution >= 4 is 34.7 Å². The molecule has 2 aromatic rings. The first kappa shape index (κ1) is 21.8. The molecule has 1 fully saturated rings. The molecule has 3 N–H and O–H groups in total. The number of carbonyl (C=O) groups is 2. The molecule has 3 rings (SSSR count). The Morgan fingerprint density at radius 1 is 1.13 bits per heavy atom. The first-order chi connectivity index (χ1) is 14.5. The molecule has 1 saturated heterocycles. The predicted octanol–water partition coefficient (Wildman–Crippen LogP) is 4.22. The Bertz CT molecular complexity index is 936. The van der Waals surface area contributed by atoms with Crippen LogP contribution in [-0.2, 0) is 17.6 Å². The smallest absolute Gasteiger partial charge is 0.286 e. The van der Waals surface area contributed by atoms with Crippen LogP contribution in [0.5, 0.6) is 11.5 Å². The van der Waals surface area contributed by atoms with Gasteiger partial charge in [0.1, 0.15) is 11.5 Å². The number of imide groups is 1. The molecule has 0 spiro atoms. The van der Waals surface area contributed by atoms with Crippen molar-refractivity contribution in [3.63, 3.8) is 0 Å². The summed E-state index contributed by atoms with van der Waals surface area (Å²) in [5, 5.41) is 1.63. The molecule has 1 atom stereocenters. The summed E-state index contributed by atoms with van der Waals surface area (Å²) in [5.74, 6) is 1.33. The Morgan fingerprint density at radius 3 is 2.50 bits per heavy atom. The lowest BCUT2D eigenvalue weighted by atomic mass is 9.99. The van der Waals surface area contributed by atoms with Gasteiger partial charge in [-0.05, 0) is 55.0 Å². The summed E-state index contributed by atoms with van der Waals surface area (Å²) in [5.41, 5.74) is 9.87. The van der Waals surface area contributed by atoms with E-state index >= 15 is 0 Å². The molecule has 2 amide bonds. The van der Waals surface area contributed by atoms with Crippen LogP contribution in [0.25, 0.3) is 6.08 Å². The number of rotatable bonds is 9. The molecule has 158 valence electrons. The van der Waals surface area contributed by atoms with E-state index < -0.39 is 5.25 Å². The van der Waals surface area contributed by atoms with Crippen molar-refractivity contribution in [2.75, 3.05) is 20.0 Å². The van der Waals surface area contributed by atoms with Gasteiger partial charge in [-0.3, -0.25) is 14.9 Å². The van der Waals surface area contributed by atoms with Crippen molar-refractivity contribution in [3.8, 4) is 11.5 Å². The van der Waals surface area contributed by atoms with Crippen molar-refractivity contribution in [2.45, 2.75) is 30.9 Å². The molecular formula is C23H26N2O4S. The van der Waals surface area contributed by atoms with Crippen LogP contribution in [0.2, 0.25) is 0 Å². The Kier molecular flexibility index (Phi) is 7.41. The number of hydrogen-bond acceptors (Lipinski definition) is 6. The molecular weight excluding hydrogens is 400 g/mol. The number of benzene rings is 2. The van der Waals surface area contributed by atoms with E-state index in [-0.39, 0.29) is 11.1 Å². The highest BCUT2D eigenvalue weighted by Crippen LogP contribution is 2.28. The fourth-order valence-corrected chi connectivity index (χ4v) is 4.22. The van der Waals surface area contributed by atoms with E-state index in [2.05, 4.69) is 11.4 Å². The van der Waals surface area contributed by atoms with Gasteiger partial charge in [-0.15, -0.1) is 0 Å². The lowest BCUT2D eigenvalue weighted by Crippen LogP contribution is -2.25. The largest absolute Gasteiger partial charge is 0.497 e. The first-order valence-electron chi connectivity index (χ1n) is 9.77. The highest BCUT2D eigenvalue weighted by Gasteiger charge is 2.31. The van der Waals surface area contributed by atoms with Crippen LogP contribution >= 0.6 is 11.8 Å². The standard InChI is InChI=1S/C23H26N2O4S/c1-28-17-11-15(12-18(14-17)29-2)7-4-3-5-9-19-16(8-6-10-20(19)24)13-21-22(26)25-23(27)30-21/h5-6,8-12,14,21H,3-4,7,13,24H2,1-2H3,(H,25,26,27)/b9-5-. The van der Waals surface area contributed by atoms with Gasteiger partial charge >= 0.3 is 0 Å². The molecule has 0 aromatic heterocycles. The summed E-state index contributed by atoms with van der Waals surface area (Å²) in [4.78, 5) is 23.3. The number of unbranched alkanes of at least 4 members (excludes halogenated alkanes) is 1. The third-order valence-corrected chi connectivity index (χ3v) is 5.92. The van der Waals surface area contributed by atoms with Crippen LogP contribution in [0.3, 0.4) is 0 Å². The van der Waals surface area contributed by atoms with Crippen LogP contribution in [0.1, 0.15) is 29.5 Å². The molecule has 0 aliphatic carbocycles. The summed E-state index contributed by atoms with van der Waals surface area (Å²) < 4.78 is 10.6. The molecule has 2 aromatic carbocycles. The second-order valence-electron chi connectivity index (χ2n) is 7.02. The monoisotopic (exact) mass is 426 g/mol. The zero-order valence-electron chi connectivity index (χ0n) is 17.1. The van der Waals surface area contributed by atoms with Crippen molar-refractivity contribution in [1.82, 2.24) is 5.32 Å². The number of thioether (sulfide) groups is 1. The second kappa shape index (κ2) is 10.2. The van der Waals surface area contributed by atoms with Gasteiger partial charge < -0.3 is 15.2 Å².